The molecular formula is C20H19N3O4. The molecule has 0 bridgehead atoms. The number of aryl methyl sites for hydroxylation is 1. The zero-order chi connectivity index (χ0) is 18.8. The zero-order valence-electron chi connectivity index (χ0n) is 14.8. The van der Waals surface area contributed by atoms with Gasteiger partial charge in [-0.15, -0.1) is 0 Å². The molecule has 7 heteroatoms. The summed E-state index contributed by atoms with van der Waals surface area (Å²) in [6, 6.07) is 12.8. The summed E-state index contributed by atoms with van der Waals surface area (Å²) in [5.74, 6) is 1.07. The van der Waals surface area contributed by atoms with Gasteiger partial charge in [-0.25, -0.2) is 4.98 Å². The Labute approximate surface area is 155 Å². The fourth-order valence-electron chi connectivity index (χ4n) is 3.05. The summed E-state index contributed by atoms with van der Waals surface area (Å²) in [7, 11) is 0. The van der Waals surface area contributed by atoms with Gasteiger partial charge in [0.2, 0.25) is 5.91 Å². The maximum atomic E-state index is 12.6. The van der Waals surface area contributed by atoms with Gasteiger partial charge in [0.25, 0.3) is 5.56 Å². The summed E-state index contributed by atoms with van der Waals surface area (Å²) in [4.78, 5) is 29.1. The second-order valence-corrected chi connectivity index (χ2v) is 6.45. The fourth-order valence-corrected chi connectivity index (χ4v) is 3.05. The number of amides is 1. The predicted molar refractivity (Wildman–Crippen MR) is 100 cm³/mol. The molecule has 3 aromatic rings. The van der Waals surface area contributed by atoms with Gasteiger partial charge in [-0.2, -0.15) is 0 Å². The van der Waals surface area contributed by atoms with E-state index in [9.17, 15) is 9.59 Å². The zero-order valence-corrected chi connectivity index (χ0v) is 14.8. The first-order valence-corrected chi connectivity index (χ1v) is 8.72. The van der Waals surface area contributed by atoms with Crippen molar-refractivity contribution in [3.05, 3.63) is 64.7 Å². The van der Waals surface area contributed by atoms with Crippen LogP contribution in [-0.2, 0) is 11.3 Å². The second kappa shape index (κ2) is 7.11. The van der Waals surface area contributed by atoms with E-state index in [2.05, 4.69) is 10.3 Å². The Morgan fingerprint density at radius 1 is 1.22 bits per heavy atom. The van der Waals surface area contributed by atoms with Gasteiger partial charge < -0.3 is 14.8 Å². The third-order valence-corrected chi connectivity index (χ3v) is 4.46. The molecule has 1 amide bonds. The topological polar surface area (TPSA) is 82.5 Å². The van der Waals surface area contributed by atoms with Crippen LogP contribution in [0.1, 0.15) is 5.56 Å². The molecule has 1 aromatic heterocycles. The van der Waals surface area contributed by atoms with E-state index in [0.717, 1.165) is 5.56 Å². The molecule has 0 spiro atoms. The molecule has 138 valence electrons. The van der Waals surface area contributed by atoms with E-state index in [1.807, 2.05) is 43.3 Å². The number of hydrogen-bond donors (Lipinski definition) is 1. The van der Waals surface area contributed by atoms with Crippen LogP contribution in [0.15, 0.2) is 53.6 Å². The van der Waals surface area contributed by atoms with Crippen LogP contribution in [0, 0.1) is 6.92 Å². The van der Waals surface area contributed by atoms with Crippen LogP contribution in [-0.4, -0.2) is 34.7 Å². The van der Waals surface area contributed by atoms with E-state index in [0.29, 0.717) is 35.6 Å². The number of nitrogens with one attached hydrogen (secondary N) is 1. The first-order valence-electron chi connectivity index (χ1n) is 8.72. The number of carbonyl (C=O) groups is 1. The lowest BCUT2D eigenvalue weighted by molar-refractivity contribution is -0.122. The van der Waals surface area contributed by atoms with Crippen LogP contribution in [0.2, 0.25) is 0 Å². The largest absolute Gasteiger partial charge is 0.486 e. The van der Waals surface area contributed by atoms with Gasteiger partial charge in [0, 0.05) is 0 Å². The average molecular weight is 365 g/mol. The first kappa shape index (κ1) is 17.1. The highest BCUT2D eigenvalue weighted by atomic mass is 16.6. The van der Waals surface area contributed by atoms with Crippen molar-refractivity contribution in [1.29, 1.82) is 0 Å². The van der Waals surface area contributed by atoms with Crippen molar-refractivity contribution < 1.29 is 14.3 Å². The van der Waals surface area contributed by atoms with Gasteiger partial charge in [-0.05, 0) is 30.7 Å². The van der Waals surface area contributed by atoms with Crippen LogP contribution in [0.4, 0.5) is 0 Å². The Morgan fingerprint density at radius 2 is 2.04 bits per heavy atom. The molecule has 1 aliphatic heterocycles. The van der Waals surface area contributed by atoms with Crippen LogP contribution in [0.5, 0.6) is 11.5 Å². The Balaban J connectivity index is 1.40. The van der Waals surface area contributed by atoms with Gasteiger partial charge in [-0.1, -0.05) is 24.3 Å². The quantitative estimate of drug-likeness (QED) is 0.760. The molecule has 0 saturated carbocycles. The lowest BCUT2D eigenvalue weighted by Crippen LogP contribution is -2.42. The van der Waals surface area contributed by atoms with Crippen LogP contribution in [0.25, 0.3) is 10.9 Å². The number of hydrogen-bond acceptors (Lipinski definition) is 5. The highest BCUT2D eigenvalue weighted by Gasteiger charge is 2.21. The molecule has 0 aliphatic carbocycles. The Morgan fingerprint density at radius 3 is 2.89 bits per heavy atom. The molecule has 0 fully saturated rings. The lowest BCUT2D eigenvalue weighted by Gasteiger charge is -2.26. The van der Waals surface area contributed by atoms with Crippen molar-refractivity contribution >= 4 is 16.8 Å². The fraction of sp³-hybridized carbons (Fsp3) is 0.250. The maximum absolute atomic E-state index is 12.6. The monoisotopic (exact) mass is 365 g/mol. The SMILES string of the molecule is Cc1cccc2c(=O)n(CC(=O)NCC3COc4ccccc4O3)cnc12. The molecule has 1 aliphatic rings. The van der Waals surface area contributed by atoms with Crippen LogP contribution < -0.4 is 20.3 Å². The summed E-state index contributed by atoms with van der Waals surface area (Å²) in [6.07, 6.45) is 1.13. The molecule has 27 heavy (non-hydrogen) atoms. The number of aromatic nitrogens is 2. The molecule has 2 aromatic carbocycles. The van der Waals surface area contributed by atoms with Crippen molar-refractivity contribution in [2.45, 2.75) is 19.6 Å². The third kappa shape index (κ3) is 3.48. The van der Waals surface area contributed by atoms with Gasteiger partial charge >= 0.3 is 0 Å². The minimum atomic E-state index is -0.284. The van der Waals surface area contributed by atoms with Crippen molar-refractivity contribution in [1.82, 2.24) is 14.9 Å². The molecule has 1 atom stereocenters. The van der Waals surface area contributed by atoms with Gasteiger partial charge in [0.05, 0.1) is 23.8 Å². The molecule has 4 rings (SSSR count). The summed E-state index contributed by atoms with van der Waals surface area (Å²) < 4.78 is 12.7. The lowest BCUT2D eigenvalue weighted by atomic mass is 10.1. The number of carbonyl (C=O) groups excluding carboxylic acids is 1. The highest BCUT2D eigenvalue weighted by Crippen LogP contribution is 2.30. The second-order valence-electron chi connectivity index (χ2n) is 6.45. The molecule has 1 unspecified atom stereocenters. The Bertz CT molecular complexity index is 1060. The van der Waals surface area contributed by atoms with Crippen LogP contribution in [0.3, 0.4) is 0 Å². The van der Waals surface area contributed by atoms with E-state index in [1.54, 1.807) is 6.07 Å². The summed E-state index contributed by atoms with van der Waals surface area (Å²) in [5, 5.41) is 3.29. The minimum Gasteiger partial charge on any atom is -0.486 e. The standard InChI is InChI=1S/C20H19N3O4/c1-13-5-4-6-15-19(13)22-12-23(20(15)25)10-18(24)21-9-14-11-26-16-7-2-3-8-17(16)27-14/h2-8,12,14H,9-11H2,1H3,(H,21,24). The highest BCUT2D eigenvalue weighted by molar-refractivity contribution is 5.81. The predicted octanol–water partition coefficient (Wildman–Crippen LogP) is 1.66. The summed E-state index contributed by atoms with van der Waals surface area (Å²) in [5.41, 5.74) is 1.35. The number of fused-ring (bicyclic) bond motifs is 2. The number of para-hydroxylation sites is 3. The van der Waals surface area contributed by atoms with E-state index in [-0.39, 0.29) is 24.1 Å². The van der Waals surface area contributed by atoms with Crippen molar-refractivity contribution in [2.24, 2.45) is 0 Å². The average Bonchev–Trinajstić information content (AvgIpc) is 2.69. The molecule has 2 heterocycles. The Kier molecular flexibility index (Phi) is 4.50. The first-order chi connectivity index (χ1) is 13.1. The van der Waals surface area contributed by atoms with Gasteiger partial charge in [-0.3, -0.25) is 14.2 Å². The molecule has 1 N–H and O–H groups in total. The number of ether oxygens (including phenoxy) is 2. The van der Waals surface area contributed by atoms with E-state index >= 15 is 0 Å². The van der Waals surface area contributed by atoms with E-state index in [1.165, 1.54) is 10.9 Å². The van der Waals surface area contributed by atoms with Crippen LogP contribution >= 0.6 is 0 Å². The van der Waals surface area contributed by atoms with E-state index in [4.69, 9.17) is 9.47 Å². The van der Waals surface area contributed by atoms with Crippen molar-refractivity contribution in [2.75, 3.05) is 13.2 Å². The number of benzene rings is 2. The normalized spacial score (nSPS) is 15.5. The number of rotatable bonds is 4. The summed E-state index contributed by atoms with van der Waals surface area (Å²) in [6.45, 7) is 2.45. The van der Waals surface area contributed by atoms with E-state index < -0.39 is 0 Å². The Hall–Kier alpha value is -3.35. The smallest absolute Gasteiger partial charge is 0.261 e. The summed E-state index contributed by atoms with van der Waals surface area (Å²) >= 11 is 0. The molecule has 7 nitrogen and oxygen atoms in total. The van der Waals surface area contributed by atoms with Gasteiger partial charge in [0.15, 0.2) is 11.5 Å². The third-order valence-electron chi connectivity index (χ3n) is 4.46. The van der Waals surface area contributed by atoms with Crippen molar-refractivity contribution in [3.63, 3.8) is 0 Å². The molecular weight excluding hydrogens is 346 g/mol. The maximum Gasteiger partial charge on any atom is 0.261 e. The van der Waals surface area contributed by atoms with Gasteiger partial charge in [0.1, 0.15) is 19.3 Å². The number of nitrogens with zero attached hydrogens (tertiary/aromatic N) is 2. The minimum absolute atomic E-state index is 0.0973. The van der Waals surface area contributed by atoms with Crippen molar-refractivity contribution in [3.8, 4) is 11.5 Å². The molecule has 0 saturated heterocycles. The molecule has 0 radical (unpaired) electrons.